The van der Waals surface area contributed by atoms with Gasteiger partial charge in [0, 0.05) is 23.3 Å². The number of pyridine rings is 1. The third-order valence-electron chi connectivity index (χ3n) is 7.26. The monoisotopic (exact) mass is 434 g/mol. The van der Waals surface area contributed by atoms with Crippen molar-refractivity contribution < 1.29 is 19.0 Å². The number of aliphatic imine (C=N–C) groups is 1. The van der Waals surface area contributed by atoms with Crippen LogP contribution < -0.4 is 5.56 Å². The molecule has 4 heterocycles. The molecule has 3 aliphatic heterocycles. The average Bonchev–Trinajstić information content (AvgIpc) is 3.12. The Kier molecular flexibility index (Phi) is 4.27. The molecule has 32 heavy (non-hydrogen) atoms. The van der Waals surface area contributed by atoms with Crippen molar-refractivity contribution in [2.75, 3.05) is 0 Å². The Balaban J connectivity index is 1.64. The highest BCUT2D eigenvalue weighted by Gasteiger charge is 2.36. The molecule has 1 aromatic rings. The number of carbonyl (C=O) groups excluding carboxylic acids is 1. The maximum atomic E-state index is 14.8. The molecule has 6 nitrogen and oxygen atoms in total. The van der Waals surface area contributed by atoms with Crippen molar-refractivity contribution in [2.45, 2.75) is 64.7 Å². The minimum atomic E-state index is -1.49. The first kappa shape index (κ1) is 19.6. The van der Waals surface area contributed by atoms with Crippen molar-refractivity contribution in [3.8, 4) is 0 Å². The number of ether oxygens (including phenoxy) is 1. The average molecular weight is 434 g/mol. The fourth-order valence-electron chi connectivity index (χ4n) is 5.73. The molecule has 5 aliphatic rings. The molecule has 0 saturated heterocycles. The summed E-state index contributed by atoms with van der Waals surface area (Å²) < 4.78 is 21.4. The van der Waals surface area contributed by atoms with Gasteiger partial charge in [0.2, 0.25) is 0 Å². The molecule has 2 bridgehead atoms. The second-order valence-electron chi connectivity index (χ2n) is 9.13. The highest BCUT2D eigenvalue weighted by molar-refractivity contribution is 6.00. The first-order valence-electron chi connectivity index (χ1n) is 11.1. The minimum Gasteiger partial charge on any atom is -0.458 e. The van der Waals surface area contributed by atoms with Crippen molar-refractivity contribution in [3.63, 3.8) is 0 Å². The van der Waals surface area contributed by atoms with E-state index in [1.807, 2.05) is 6.92 Å². The highest BCUT2D eigenvalue weighted by Crippen LogP contribution is 2.45. The Hall–Kier alpha value is -3.06. The van der Waals surface area contributed by atoms with Crippen LogP contribution in [0.5, 0.6) is 0 Å². The van der Waals surface area contributed by atoms with E-state index in [9.17, 15) is 19.1 Å². The van der Waals surface area contributed by atoms with E-state index in [1.54, 1.807) is 10.6 Å². The lowest BCUT2D eigenvalue weighted by Gasteiger charge is -2.27. The Morgan fingerprint density at radius 1 is 1.12 bits per heavy atom. The van der Waals surface area contributed by atoms with Crippen molar-refractivity contribution in [1.29, 1.82) is 0 Å². The van der Waals surface area contributed by atoms with Gasteiger partial charge in [-0.2, -0.15) is 0 Å². The topological polar surface area (TPSA) is 80.9 Å². The van der Waals surface area contributed by atoms with Gasteiger partial charge in [0.15, 0.2) is 6.10 Å². The molecule has 1 aromatic heterocycles. The van der Waals surface area contributed by atoms with Gasteiger partial charge in [-0.25, -0.2) is 9.18 Å². The van der Waals surface area contributed by atoms with Crippen LogP contribution in [0.3, 0.4) is 0 Å². The van der Waals surface area contributed by atoms with E-state index in [0.717, 1.165) is 36.8 Å². The van der Waals surface area contributed by atoms with Crippen molar-refractivity contribution in [1.82, 2.24) is 4.57 Å². The maximum absolute atomic E-state index is 14.8. The standard InChI is InChI=1S/C25H23FN2O4/c1-12-7-13(26)8-14-5-6-17-15(12)3-2-4-16(17)19-10-28-21(22(19)27-14)9-18-20(24(28)30)11-32-25(31)23(18)29/h8-9,23,29H,2-7,10-11H2,1H3/b13-8+,15-12-,27-14+. The van der Waals surface area contributed by atoms with Crippen LogP contribution in [0.15, 0.2) is 55.6 Å². The fraction of sp³-hybridized carbons (Fsp3) is 0.400. The largest absolute Gasteiger partial charge is 0.458 e. The second kappa shape index (κ2) is 6.97. The number of carbonyl (C=O) groups is 1. The van der Waals surface area contributed by atoms with Crippen LogP contribution in [-0.4, -0.2) is 21.4 Å². The van der Waals surface area contributed by atoms with Gasteiger partial charge in [-0.05, 0) is 67.9 Å². The first-order valence-corrected chi connectivity index (χ1v) is 11.1. The summed E-state index contributed by atoms with van der Waals surface area (Å²) in [6.07, 6.45) is 4.61. The Morgan fingerprint density at radius 3 is 2.75 bits per heavy atom. The summed E-state index contributed by atoms with van der Waals surface area (Å²) >= 11 is 0. The zero-order valence-electron chi connectivity index (χ0n) is 17.8. The van der Waals surface area contributed by atoms with Gasteiger partial charge in [0.25, 0.3) is 5.56 Å². The normalized spacial score (nSPS) is 30.0. The molecule has 0 spiro atoms. The number of esters is 1. The van der Waals surface area contributed by atoms with Crippen LogP contribution in [0.2, 0.25) is 0 Å². The zero-order valence-corrected chi connectivity index (χ0v) is 17.8. The van der Waals surface area contributed by atoms with E-state index in [2.05, 4.69) is 0 Å². The molecule has 1 atom stereocenters. The van der Waals surface area contributed by atoms with E-state index in [-0.39, 0.29) is 23.6 Å². The summed E-state index contributed by atoms with van der Waals surface area (Å²) in [6, 6.07) is 1.69. The lowest BCUT2D eigenvalue weighted by Crippen LogP contribution is -2.33. The van der Waals surface area contributed by atoms with Gasteiger partial charge >= 0.3 is 5.97 Å². The van der Waals surface area contributed by atoms with Crippen LogP contribution >= 0.6 is 0 Å². The van der Waals surface area contributed by atoms with E-state index < -0.39 is 12.1 Å². The van der Waals surface area contributed by atoms with Crippen molar-refractivity contribution >= 4 is 17.4 Å². The molecule has 0 saturated carbocycles. The van der Waals surface area contributed by atoms with Crippen molar-refractivity contribution in [3.05, 3.63) is 73.0 Å². The summed E-state index contributed by atoms with van der Waals surface area (Å²) in [5.41, 5.74) is 8.02. The molecule has 2 aliphatic carbocycles. The predicted octanol–water partition coefficient (Wildman–Crippen LogP) is 3.95. The molecule has 164 valence electrons. The van der Waals surface area contributed by atoms with Crippen LogP contribution in [0.25, 0.3) is 5.70 Å². The molecule has 1 N–H and O–H groups in total. The number of hydrogen-bond donors (Lipinski definition) is 1. The summed E-state index contributed by atoms with van der Waals surface area (Å²) in [7, 11) is 0. The number of rotatable bonds is 0. The highest BCUT2D eigenvalue weighted by atomic mass is 19.1. The van der Waals surface area contributed by atoms with Crippen LogP contribution in [0.1, 0.15) is 68.4 Å². The number of cyclic esters (lactones) is 1. The van der Waals surface area contributed by atoms with Gasteiger partial charge < -0.3 is 14.4 Å². The lowest BCUT2D eigenvalue weighted by molar-refractivity contribution is -0.157. The summed E-state index contributed by atoms with van der Waals surface area (Å²) in [5, 5.41) is 10.4. The van der Waals surface area contributed by atoms with Crippen LogP contribution in [0, 0.1) is 0 Å². The summed E-state index contributed by atoms with van der Waals surface area (Å²) in [4.78, 5) is 30.1. The quantitative estimate of drug-likeness (QED) is 0.627. The zero-order chi connectivity index (χ0) is 22.1. The first-order chi connectivity index (χ1) is 15.4. The van der Waals surface area contributed by atoms with E-state index >= 15 is 0 Å². The van der Waals surface area contributed by atoms with E-state index in [1.165, 1.54) is 22.8 Å². The van der Waals surface area contributed by atoms with Crippen molar-refractivity contribution in [2.24, 2.45) is 4.99 Å². The van der Waals surface area contributed by atoms with Gasteiger partial charge in [-0.15, -0.1) is 0 Å². The number of aliphatic hydroxyl groups is 1. The van der Waals surface area contributed by atoms with E-state index in [0.29, 0.717) is 42.1 Å². The Bertz CT molecular complexity index is 1320. The molecule has 0 fully saturated rings. The molecule has 0 radical (unpaired) electrons. The molecular formula is C25H23FN2O4. The molecule has 0 aromatic carbocycles. The predicted molar refractivity (Wildman–Crippen MR) is 116 cm³/mol. The number of fused-ring (bicyclic) bond motifs is 6. The number of aromatic nitrogens is 1. The van der Waals surface area contributed by atoms with Crippen LogP contribution in [0.4, 0.5) is 4.39 Å². The SMILES string of the molecule is C/C1=C2\CCCC3=C2CCC(=N\C2=C3Cn3c2cc2c(c3=O)COC(=O)C2O)/C=C(/F)C1. The van der Waals surface area contributed by atoms with Gasteiger partial charge in [-0.3, -0.25) is 9.79 Å². The number of allylic oxidation sites excluding steroid dienone is 7. The van der Waals surface area contributed by atoms with Gasteiger partial charge in [-0.1, -0.05) is 5.57 Å². The number of halogens is 1. The lowest BCUT2D eigenvalue weighted by atomic mass is 9.79. The van der Waals surface area contributed by atoms with E-state index in [4.69, 9.17) is 9.73 Å². The minimum absolute atomic E-state index is 0.141. The van der Waals surface area contributed by atoms with Gasteiger partial charge in [0.05, 0.1) is 23.5 Å². The maximum Gasteiger partial charge on any atom is 0.340 e. The molecular weight excluding hydrogens is 411 g/mol. The molecule has 1 unspecified atom stereocenters. The second-order valence-corrected chi connectivity index (χ2v) is 9.13. The third kappa shape index (κ3) is 2.77. The summed E-state index contributed by atoms with van der Waals surface area (Å²) in [5.74, 6) is -0.959. The van der Waals surface area contributed by atoms with Crippen LogP contribution in [-0.2, 0) is 22.7 Å². The number of nitrogens with zero attached hydrogens (tertiary/aromatic N) is 2. The Labute approximate surface area is 184 Å². The molecule has 6 rings (SSSR count). The van der Waals surface area contributed by atoms with Gasteiger partial charge in [0.1, 0.15) is 12.4 Å². The Morgan fingerprint density at radius 2 is 1.91 bits per heavy atom. The molecule has 7 heteroatoms. The smallest absolute Gasteiger partial charge is 0.340 e. The molecule has 0 amide bonds. The number of hydrogen-bond acceptors (Lipinski definition) is 5. The number of aliphatic hydroxyl groups excluding tert-OH is 1. The third-order valence-corrected chi connectivity index (χ3v) is 7.26. The summed E-state index contributed by atoms with van der Waals surface area (Å²) in [6.45, 7) is 2.26. The fourth-order valence-corrected chi connectivity index (χ4v) is 5.73.